The van der Waals surface area contributed by atoms with Gasteiger partial charge in [0, 0.05) is 18.6 Å². The van der Waals surface area contributed by atoms with Gasteiger partial charge in [-0.1, -0.05) is 0 Å². The molecule has 0 saturated carbocycles. The first-order valence-electron chi connectivity index (χ1n) is 3.89. The molecule has 0 radical (unpaired) electrons. The highest BCUT2D eigenvalue weighted by molar-refractivity contribution is 5.85. The highest BCUT2D eigenvalue weighted by Crippen LogP contribution is 2.12. The second-order valence-electron chi connectivity index (χ2n) is 2.61. The van der Waals surface area contributed by atoms with E-state index in [-0.39, 0.29) is 24.8 Å². The molecular formula is C8H12Cl2N4. The quantitative estimate of drug-likeness (QED) is 0.824. The van der Waals surface area contributed by atoms with Crippen LogP contribution in [0.1, 0.15) is 5.56 Å². The predicted molar refractivity (Wildman–Crippen MR) is 61.1 cm³/mol. The van der Waals surface area contributed by atoms with Crippen LogP contribution < -0.4 is 5.73 Å². The number of nitrogens with zero attached hydrogens (tertiary/aromatic N) is 2. The molecular weight excluding hydrogens is 223 g/mol. The summed E-state index contributed by atoms with van der Waals surface area (Å²) in [5, 5.41) is 0. The lowest BCUT2D eigenvalue weighted by molar-refractivity contribution is 0.973. The van der Waals surface area contributed by atoms with Gasteiger partial charge in [-0.05, 0) is 18.5 Å². The molecule has 2 aromatic rings. The van der Waals surface area contributed by atoms with Crippen LogP contribution in [0.5, 0.6) is 0 Å². The molecule has 0 aliphatic heterocycles. The molecule has 0 saturated heterocycles. The Kier molecular flexibility index (Phi) is 5.45. The Morgan fingerprint density at radius 3 is 2.64 bits per heavy atom. The summed E-state index contributed by atoms with van der Waals surface area (Å²) in [4.78, 5) is 11.4. The zero-order valence-electron chi connectivity index (χ0n) is 7.43. The van der Waals surface area contributed by atoms with Crippen LogP contribution >= 0.6 is 24.8 Å². The molecule has 6 heteroatoms. The van der Waals surface area contributed by atoms with E-state index >= 15 is 0 Å². The van der Waals surface area contributed by atoms with Crippen molar-refractivity contribution in [1.29, 1.82) is 0 Å². The fraction of sp³-hybridized carbons (Fsp3) is 0.250. The highest BCUT2D eigenvalue weighted by Gasteiger charge is 2.02. The van der Waals surface area contributed by atoms with Gasteiger partial charge >= 0.3 is 0 Å². The topological polar surface area (TPSA) is 67.6 Å². The van der Waals surface area contributed by atoms with Crippen molar-refractivity contribution in [2.75, 3.05) is 6.54 Å². The average Bonchev–Trinajstić information content (AvgIpc) is 2.50. The molecule has 4 nitrogen and oxygen atoms in total. The second-order valence-corrected chi connectivity index (χ2v) is 2.61. The van der Waals surface area contributed by atoms with E-state index < -0.39 is 0 Å². The smallest absolute Gasteiger partial charge is 0.156 e. The lowest BCUT2D eigenvalue weighted by Gasteiger charge is -1.92. The van der Waals surface area contributed by atoms with E-state index in [0.29, 0.717) is 6.54 Å². The number of nitrogens with two attached hydrogens (primary N) is 1. The van der Waals surface area contributed by atoms with E-state index in [4.69, 9.17) is 5.73 Å². The monoisotopic (exact) mass is 234 g/mol. The van der Waals surface area contributed by atoms with Crippen LogP contribution in [0.4, 0.5) is 0 Å². The van der Waals surface area contributed by atoms with Gasteiger partial charge in [-0.2, -0.15) is 0 Å². The number of nitrogens with one attached hydrogen (secondary N) is 1. The number of H-pyrrole nitrogens is 1. The first-order chi connectivity index (χ1) is 5.92. The normalized spacial score (nSPS) is 9.21. The zero-order chi connectivity index (χ0) is 8.39. The number of halogens is 2. The largest absolute Gasteiger partial charge is 0.345 e. The minimum atomic E-state index is 0. The first-order valence-corrected chi connectivity index (χ1v) is 3.89. The lowest BCUT2D eigenvalue weighted by atomic mass is 10.2. The molecule has 3 N–H and O–H groups in total. The maximum absolute atomic E-state index is 5.45. The number of aromatic amines is 1. The van der Waals surface area contributed by atoms with Crippen molar-refractivity contribution in [3.63, 3.8) is 0 Å². The van der Waals surface area contributed by atoms with Crippen molar-refractivity contribution in [2.45, 2.75) is 6.42 Å². The molecule has 0 aliphatic carbocycles. The van der Waals surface area contributed by atoms with Crippen molar-refractivity contribution in [1.82, 2.24) is 15.0 Å². The molecule has 0 aliphatic rings. The van der Waals surface area contributed by atoms with Gasteiger partial charge in [0.1, 0.15) is 5.52 Å². The van der Waals surface area contributed by atoms with Crippen LogP contribution in [-0.2, 0) is 6.42 Å². The standard InChI is InChI=1S/C8H10N4.2ClH/c9-2-1-6-5-12-8-7(6)10-3-4-11-8;;/h3-5H,1-2,9H2,(H,11,12);2*1H. The molecule has 2 heterocycles. The predicted octanol–water partition coefficient (Wildman–Crippen LogP) is 1.30. The van der Waals surface area contributed by atoms with Gasteiger partial charge in [0.25, 0.3) is 0 Å². The van der Waals surface area contributed by atoms with Crippen LogP contribution in [-0.4, -0.2) is 21.5 Å². The van der Waals surface area contributed by atoms with Crippen LogP contribution in [0, 0.1) is 0 Å². The van der Waals surface area contributed by atoms with Gasteiger partial charge in [0.05, 0.1) is 0 Å². The van der Waals surface area contributed by atoms with Crippen LogP contribution in [0.3, 0.4) is 0 Å². The average molecular weight is 235 g/mol. The number of aromatic nitrogens is 3. The first kappa shape index (κ1) is 13.2. The van der Waals surface area contributed by atoms with E-state index in [0.717, 1.165) is 23.1 Å². The fourth-order valence-electron chi connectivity index (χ4n) is 1.25. The number of hydrogen-bond donors (Lipinski definition) is 2. The maximum Gasteiger partial charge on any atom is 0.156 e. The Balaban J connectivity index is 0.000000845. The van der Waals surface area contributed by atoms with Crippen molar-refractivity contribution < 1.29 is 0 Å². The van der Waals surface area contributed by atoms with Crippen LogP contribution in [0.25, 0.3) is 11.2 Å². The van der Waals surface area contributed by atoms with E-state index in [1.807, 2.05) is 6.20 Å². The summed E-state index contributed by atoms with van der Waals surface area (Å²) < 4.78 is 0. The Morgan fingerprint density at radius 1 is 1.21 bits per heavy atom. The minimum absolute atomic E-state index is 0. The molecule has 0 aromatic carbocycles. The van der Waals surface area contributed by atoms with Gasteiger partial charge in [-0.15, -0.1) is 24.8 Å². The van der Waals surface area contributed by atoms with Gasteiger partial charge in [0.15, 0.2) is 5.65 Å². The molecule has 0 amide bonds. The summed E-state index contributed by atoms with van der Waals surface area (Å²) in [5.74, 6) is 0. The number of hydrogen-bond acceptors (Lipinski definition) is 3. The SMILES string of the molecule is Cl.Cl.NCCc1c[nH]c2nccnc12. The van der Waals surface area contributed by atoms with E-state index in [1.165, 1.54) is 0 Å². The molecule has 78 valence electrons. The summed E-state index contributed by atoms with van der Waals surface area (Å²) in [6.45, 7) is 0.642. The molecule has 2 rings (SSSR count). The Hall–Kier alpha value is -0.840. The number of fused-ring (bicyclic) bond motifs is 1. The van der Waals surface area contributed by atoms with Crippen LogP contribution in [0.2, 0.25) is 0 Å². The third kappa shape index (κ3) is 2.35. The van der Waals surface area contributed by atoms with Crippen LogP contribution in [0.15, 0.2) is 18.6 Å². The lowest BCUT2D eigenvalue weighted by Crippen LogP contribution is -2.02. The van der Waals surface area contributed by atoms with E-state index in [1.54, 1.807) is 12.4 Å². The van der Waals surface area contributed by atoms with Gasteiger partial charge < -0.3 is 10.7 Å². The molecule has 14 heavy (non-hydrogen) atoms. The van der Waals surface area contributed by atoms with Crippen molar-refractivity contribution in [3.05, 3.63) is 24.2 Å². The molecule has 0 atom stereocenters. The van der Waals surface area contributed by atoms with Gasteiger partial charge in [-0.25, -0.2) is 4.98 Å². The fourth-order valence-corrected chi connectivity index (χ4v) is 1.25. The second kappa shape index (κ2) is 5.80. The third-order valence-electron chi connectivity index (χ3n) is 1.80. The van der Waals surface area contributed by atoms with Crippen molar-refractivity contribution >= 4 is 36.0 Å². The van der Waals surface area contributed by atoms with Gasteiger partial charge in [-0.3, -0.25) is 4.98 Å². The van der Waals surface area contributed by atoms with E-state index in [2.05, 4.69) is 15.0 Å². The third-order valence-corrected chi connectivity index (χ3v) is 1.80. The summed E-state index contributed by atoms with van der Waals surface area (Å²) in [5.41, 5.74) is 8.36. The maximum atomic E-state index is 5.45. The summed E-state index contributed by atoms with van der Waals surface area (Å²) in [7, 11) is 0. The summed E-state index contributed by atoms with van der Waals surface area (Å²) >= 11 is 0. The number of rotatable bonds is 2. The zero-order valence-corrected chi connectivity index (χ0v) is 9.07. The molecule has 0 bridgehead atoms. The van der Waals surface area contributed by atoms with Crippen molar-refractivity contribution in [3.8, 4) is 0 Å². The Labute approximate surface area is 94.1 Å². The summed E-state index contributed by atoms with van der Waals surface area (Å²) in [6.07, 6.45) is 6.12. The molecule has 0 fully saturated rings. The van der Waals surface area contributed by atoms with E-state index in [9.17, 15) is 0 Å². The highest BCUT2D eigenvalue weighted by atomic mass is 35.5. The Bertz CT molecular complexity index is 387. The van der Waals surface area contributed by atoms with Crippen molar-refractivity contribution in [2.24, 2.45) is 5.73 Å². The molecule has 0 spiro atoms. The van der Waals surface area contributed by atoms with Gasteiger partial charge in [0.2, 0.25) is 0 Å². The summed E-state index contributed by atoms with van der Waals surface area (Å²) in [6, 6.07) is 0. The Morgan fingerprint density at radius 2 is 1.93 bits per heavy atom. The molecule has 0 unspecified atom stereocenters. The molecule has 2 aromatic heterocycles. The minimum Gasteiger partial charge on any atom is -0.345 e.